The molecule has 0 spiro atoms. The maximum atomic E-state index is 9.01. The smallest absolute Gasteiger partial charge is 0.131 e. The summed E-state index contributed by atoms with van der Waals surface area (Å²) in [4.78, 5) is 0. The molecule has 4 atom stereocenters. The van der Waals surface area contributed by atoms with Gasteiger partial charge in [-0.1, -0.05) is 6.92 Å². The number of hydrogen-bond donors (Lipinski definition) is 4. The van der Waals surface area contributed by atoms with E-state index in [-0.39, 0.29) is 5.92 Å². The molecule has 61 valence electrons. The third-order valence-corrected chi connectivity index (χ3v) is 1.28. The first-order chi connectivity index (χ1) is 4.46. The minimum Gasteiger partial charge on any atom is -0.390 e. The Balaban J connectivity index is 3.81. The topological polar surface area (TPSA) is 86.7 Å². The van der Waals surface area contributed by atoms with Crippen molar-refractivity contribution in [2.45, 2.75) is 25.4 Å². The van der Waals surface area contributed by atoms with Crippen molar-refractivity contribution in [2.24, 2.45) is 11.7 Å². The van der Waals surface area contributed by atoms with Crippen LogP contribution in [0, 0.1) is 12.8 Å². The molecule has 4 heteroatoms. The molecule has 0 saturated carbocycles. The van der Waals surface area contributed by atoms with Crippen molar-refractivity contribution in [3.05, 3.63) is 6.92 Å². The van der Waals surface area contributed by atoms with E-state index in [0.29, 0.717) is 0 Å². The van der Waals surface area contributed by atoms with Gasteiger partial charge in [-0.2, -0.15) is 0 Å². The van der Waals surface area contributed by atoms with E-state index < -0.39 is 18.4 Å². The van der Waals surface area contributed by atoms with Gasteiger partial charge in [0.2, 0.25) is 0 Å². The van der Waals surface area contributed by atoms with Crippen LogP contribution in [0.15, 0.2) is 0 Å². The summed E-state index contributed by atoms with van der Waals surface area (Å²) in [7, 11) is 0. The minimum absolute atomic E-state index is 0.354. The molecule has 0 fully saturated rings. The predicted molar refractivity (Wildman–Crippen MR) is 36.7 cm³/mol. The van der Waals surface area contributed by atoms with Crippen LogP contribution in [0.5, 0.6) is 0 Å². The van der Waals surface area contributed by atoms with Gasteiger partial charge in [0.1, 0.15) is 12.3 Å². The van der Waals surface area contributed by atoms with Crippen LogP contribution in [0.4, 0.5) is 0 Å². The van der Waals surface area contributed by atoms with Crippen molar-refractivity contribution in [2.75, 3.05) is 0 Å². The van der Waals surface area contributed by atoms with E-state index in [4.69, 9.17) is 21.1 Å². The summed E-state index contributed by atoms with van der Waals surface area (Å²) in [5.74, 6) is -0.354. The van der Waals surface area contributed by atoms with Crippen molar-refractivity contribution >= 4 is 0 Å². The number of hydrogen-bond acceptors (Lipinski definition) is 4. The van der Waals surface area contributed by atoms with Gasteiger partial charge in [-0.15, -0.1) is 0 Å². The van der Waals surface area contributed by atoms with Crippen LogP contribution < -0.4 is 5.73 Å². The average molecular weight is 148 g/mol. The second-order valence-electron chi connectivity index (χ2n) is 2.45. The number of aliphatic hydroxyl groups excluding tert-OH is 3. The molecule has 0 heterocycles. The number of aliphatic hydroxyl groups is 3. The van der Waals surface area contributed by atoms with E-state index in [0.717, 1.165) is 0 Å². The molecule has 0 aliphatic heterocycles. The zero-order valence-corrected chi connectivity index (χ0v) is 5.94. The zero-order valence-electron chi connectivity index (χ0n) is 5.94. The molecule has 1 radical (unpaired) electrons. The molecule has 0 bridgehead atoms. The molecule has 4 nitrogen and oxygen atoms in total. The second-order valence-corrected chi connectivity index (χ2v) is 2.45. The van der Waals surface area contributed by atoms with Gasteiger partial charge in [0.25, 0.3) is 0 Å². The van der Waals surface area contributed by atoms with E-state index in [9.17, 15) is 0 Å². The van der Waals surface area contributed by atoms with E-state index in [1.807, 2.05) is 0 Å². The van der Waals surface area contributed by atoms with Crippen LogP contribution in [0.25, 0.3) is 0 Å². The average Bonchev–Trinajstić information content (AvgIpc) is 1.84. The highest BCUT2D eigenvalue weighted by molar-refractivity contribution is 4.76. The molecule has 0 amide bonds. The Kier molecular flexibility index (Phi) is 3.81. The fourth-order valence-electron chi connectivity index (χ4n) is 0.539. The highest BCUT2D eigenvalue weighted by Crippen LogP contribution is 2.06. The van der Waals surface area contributed by atoms with Crippen LogP contribution in [0.1, 0.15) is 6.92 Å². The van der Waals surface area contributed by atoms with E-state index in [1.165, 1.54) is 0 Å². The Bertz CT molecular complexity index is 83.0. The van der Waals surface area contributed by atoms with Crippen LogP contribution in [-0.2, 0) is 0 Å². The van der Waals surface area contributed by atoms with Crippen LogP contribution >= 0.6 is 0 Å². The van der Waals surface area contributed by atoms with Crippen molar-refractivity contribution < 1.29 is 15.3 Å². The molecule has 0 saturated heterocycles. The normalized spacial score (nSPS) is 20.7. The van der Waals surface area contributed by atoms with Gasteiger partial charge in [0, 0.05) is 0 Å². The number of nitrogens with two attached hydrogens (primary N) is 1. The van der Waals surface area contributed by atoms with E-state index in [1.54, 1.807) is 6.92 Å². The maximum absolute atomic E-state index is 9.01. The Hall–Kier alpha value is -0.160. The third-order valence-electron chi connectivity index (χ3n) is 1.28. The second kappa shape index (κ2) is 3.88. The maximum Gasteiger partial charge on any atom is 0.131 e. The van der Waals surface area contributed by atoms with Crippen LogP contribution in [0.2, 0.25) is 0 Å². The largest absolute Gasteiger partial charge is 0.390 e. The molecule has 0 aliphatic rings. The van der Waals surface area contributed by atoms with E-state index in [2.05, 4.69) is 6.92 Å². The van der Waals surface area contributed by atoms with Crippen molar-refractivity contribution in [3.63, 3.8) is 0 Å². The summed E-state index contributed by atoms with van der Waals surface area (Å²) in [6, 6.07) is 0. The van der Waals surface area contributed by atoms with E-state index >= 15 is 0 Å². The van der Waals surface area contributed by atoms with Gasteiger partial charge in [-0.05, 0) is 12.8 Å². The van der Waals surface area contributed by atoms with Gasteiger partial charge < -0.3 is 21.1 Å². The van der Waals surface area contributed by atoms with Gasteiger partial charge in [-0.25, -0.2) is 0 Å². The highest BCUT2D eigenvalue weighted by atomic mass is 16.4. The molecular formula is C6H14NO3. The lowest BCUT2D eigenvalue weighted by molar-refractivity contribution is -0.0692. The minimum atomic E-state index is -1.40. The summed E-state index contributed by atoms with van der Waals surface area (Å²) >= 11 is 0. The summed E-state index contributed by atoms with van der Waals surface area (Å²) in [5, 5.41) is 26.5. The summed E-state index contributed by atoms with van der Waals surface area (Å²) in [6.45, 7) is 5.09. The molecule has 0 aromatic carbocycles. The quantitative estimate of drug-likeness (QED) is 0.365. The summed E-state index contributed by atoms with van der Waals surface area (Å²) in [6.07, 6.45) is -3.79. The van der Waals surface area contributed by atoms with Crippen LogP contribution in [-0.4, -0.2) is 33.8 Å². The SMILES string of the molecule is [CH2]C(C)C(O)C(O)C(N)O. The molecule has 0 aromatic rings. The van der Waals surface area contributed by atoms with Gasteiger partial charge >= 0.3 is 0 Å². The molecule has 10 heavy (non-hydrogen) atoms. The first kappa shape index (κ1) is 9.84. The molecule has 0 aromatic heterocycles. The Labute approximate surface area is 60.3 Å². The highest BCUT2D eigenvalue weighted by Gasteiger charge is 2.23. The lowest BCUT2D eigenvalue weighted by atomic mass is 10.0. The van der Waals surface area contributed by atoms with Gasteiger partial charge in [0.15, 0.2) is 0 Å². The van der Waals surface area contributed by atoms with Crippen molar-refractivity contribution in [3.8, 4) is 0 Å². The fourth-order valence-corrected chi connectivity index (χ4v) is 0.539. The molecule has 0 aliphatic carbocycles. The zero-order chi connectivity index (χ0) is 8.31. The first-order valence-electron chi connectivity index (χ1n) is 3.09. The standard InChI is InChI=1S/C6H14NO3/c1-3(2)4(8)5(9)6(7)10/h3-6,8-10H,1,7H2,2H3. The molecule has 5 N–H and O–H groups in total. The lowest BCUT2D eigenvalue weighted by Gasteiger charge is -2.22. The number of rotatable bonds is 3. The van der Waals surface area contributed by atoms with Gasteiger partial charge in [-0.3, -0.25) is 0 Å². The monoisotopic (exact) mass is 148 g/mol. The third kappa shape index (κ3) is 2.62. The summed E-state index contributed by atoms with van der Waals surface area (Å²) in [5.41, 5.74) is 4.89. The van der Waals surface area contributed by atoms with Crippen molar-refractivity contribution in [1.82, 2.24) is 0 Å². The Morgan fingerprint density at radius 2 is 1.60 bits per heavy atom. The molecule has 0 rings (SSSR count). The lowest BCUT2D eigenvalue weighted by Crippen LogP contribution is -2.45. The fraction of sp³-hybridized carbons (Fsp3) is 0.833. The molecular weight excluding hydrogens is 134 g/mol. The molecule has 4 unspecified atom stereocenters. The van der Waals surface area contributed by atoms with Gasteiger partial charge in [0.05, 0.1) is 6.10 Å². The van der Waals surface area contributed by atoms with Crippen LogP contribution in [0.3, 0.4) is 0 Å². The Morgan fingerprint density at radius 1 is 1.20 bits per heavy atom. The first-order valence-corrected chi connectivity index (χ1v) is 3.09. The Morgan fingerprint density at radius 3 is 1.70 bits per heavy atom. The summed E-state index contributed by atoms with van der Waals surface area (Å²) < 4.78 is 0. The van der Waals surface area contributed by atoms with Crippen molar-refractivity contribution in [1.29, 1.82) is 0 Å². The predicted octanol–water partition coefficient (Wildman–Crippen LogP) is -1.54.